The minimum atomic E-state index is -2.58. The number of alkyl halides is 2. The van der Waals surface area contributed by atoms with Crippen LogP contribution in [-0.2, 0) is 6.54 Å². The molecule has 0 radical (unpaired) electrons. The van der Waals surface area contributed by atoms with Gasteiger partial charge in [0.1, 0.15) is 11.5 Å². The summed E-state index contributed by atoms with van der Waals surface area (Å²) in [5.74, 6) is -1.98. The number of hydrogen-bond acceptors (Lipinski definition) is 5. The van der Waals surface area contributed by atoms with Gasteiger partial charge in [0.2, 0.25) is 0 Å². The Balaban J connectivity index is 1.50. The van der Waals surface area contributed by atoms with Gasteiger partial charge in [0, 0.05) is 76.5 Å². The Bertz CT molecular complexity index is 994. The number of aromatic nitrogens is 1. The van der Waals surface area contributed by atoms with Crippen molar-refractivity contribution in [2.75, 3.05) is 39.8 Å². The zero-order chi connectivity index (χ0) is 23.0. The molecule has 0 aliphatic carbocycles. The maximum Gasteiger partial charge on any atom is 0.270 e. The average molecular weight is 446 g/mol. The van der Waals surface area contributed by atoms with Crippen molar-refractivity contribution in [3.8, 4) is 0 Å². The monoisotopic (exact) mass is 445 g/mol. The van der Waals surface area contributed by atoms with Gasteiger partial charge in [0.25, 0.3) is 17.7 Å². The molecular formula is C23H29F2N5O2. The van der Waals surface area contributed by atoms with Crippen LogP contribution in [0.3, 0.4) is 0 Å². The first kappa shape index (κ1) is 22.2. The number of rotatable bonds is 5. The first-order valence-electron chi connectivity index (χ1n) is 11.0. The van der Waals surface area contributed by atoms with Crippen molar-refractivity contribution in [2.24, 2.45) is 0 Å². The van der Waals surface area contributed by atoms with Crippen molar-refractivity contribution in [1.29, 1.82) is 0 Å². The van der Waals surface area contributed by atoms with E-state index in [0.29, 0.717) is 56.1 Å². The van der Waals surface area contributed by atoms with Crippen LogP contribution in [0.4, 0.5) is 8.78 Å². The maximum absolute atomic E-state index is 13.6. The van der Waals surface area contributed by atoms with Crippen molar-refractivity contribution in [1.82, 2.24) is 25.0 Å². The lowest BCUT2D eigenvalue weighted by Gasteiger charge is -2.41. The topological polar surface area (TPSA) is 68.8 Å². The number of fused-ring (bicyclic) bond motifs is 1. The Kier molecular flexibility index (Phi) is 5.92. The second-order valence-electron chi connectivity index (χ2n) is 8.71. The van der Waals surface area contributed by atoms with Crippen LogP contribution < -0.4 is 5.32 Å². The van der Waals surface area contributed by atoms with E-state index in [1.54, 1.807) is 11.0 Å². The van der Waals surface area contributed by atoms with Crippen LogP contribution >= 0.6 is 0 Å². The Labute approximate surface area is 186 Å². The largest absolute Gasteiger partial charge is 0.358 e. The molecule has 1 aromatic rings. The lowest BCUT2D eigenvalue weighted by molar-refractivity contribution is -0.0531. The van der Waals surface area contributed by atoms with Crippen molar-refractivity contribution < 1.29 is 18.4 Å². The Morgan fingerprint density at radius 1 is 1.25 bits per heavy atom. The summed E-state index contributed by atoms with van der Waals surface area (Å²) in [4.78, 5) is 35.3. The van der Waals surface area contributed by atoms with E-state index in [9.17, 15) is 18.4 Å². The summed E-state index contributed by atoms with van der Waals surface area (Å²) in [6.45, 7) is 6.37. The van der Waals surface area contributed by atoms with Crippen molar-refractivity contribution >= 4 is 11.8 Å². The molecule has 32 heavy (non-hydrogen) atoms. The van der Waals surface area contributed by atoms with Crippen LogP contribution in [0.2, 0.25) is 0 Å². The van der Waals surface area contributed by atoms with Crippen LogP contribution in [-0.4, -0.2) is 77.2 Å². The number of amides is 2. The Morgan fingerprint density at radius 3 is 2.62 bits per heavy atom. The molecule has 4 heterocycles. The standard InChI is InChI=1S/C23H29F2N5O2/c1-4-26-20(31)19-18-14-30(22(32)17(18)5-8-27-19)13-16-11-15(2)21(28(3)12-16)29-9-6-23(24,25)7-10-29/h5,8,11H,4,6-7,9-10,12-14H2,1-3H3,(H,26,31). The number of halogens is 2. The number of piperidine rings is 1. The average Bonchev–Trinajstić information content (AvgIpc) is 3.04. The highest BCUT2D eigenvalue weighted by atomic mass is 19.3. The molecule has 9 heteroatoms. The fourth-order valence-corrected chi connectivity index (χ4v) is 4.83. The van der Waals surface area contributed by atoms with Gasteiger partial charge in [-0.3, -0.25) is 14.6 Å². The molecule has 0 bridgehead atoms. The summed E-state index contributed by atoms with van der Waals surface area (Å²) in [5, 5.41) is 2.75. The first-order chi connectivity index (χ1) is 15.2. The molecule has 3 aliphatic heterocycles. The summed E-state index contributed by atoms with van der Waals surface area (Å²) in [5.41, 5.74) is 3.55. The number of carbonyl (C=O) groups excluding carboxylic acids is 2. The third-order valence-electron chi connectivity index (χ3n) is 6.24. The van der Waals surface area contributed by atoms with E-state index in [-0.39, 0.29) is 24.7 Å². The minimum absolute atomic E-state index is 0.109. The predicted molar refractivity (Wildman–Crippen MR) is 116 cm³/mol. The second-order valence-corrected chi connectivity index (χ2v) is 8.71. The summed E-state index contributed by atoms with van der Waals surface area (Å²) in [7, 11) is 1.95. The maximum atomic E-state index is 13.6. The summed E-state index contributed by atoms with van der Waals surface area (Å²) in [6, 6.07) is 1.66. The normalized spacial score (nSPS) is 20.5. The first-order valence-corrected chi connectivity index (χ1v) is 11.0. The molecule has 172 valence electrons. The van der Waals surface area contributed by atoms with Gasteiger partial charge in [-0.1, -0.05) is 6.08 Å². The summed E-state index contributed by atoms with van der Waals surface area (Å²) < 4.78 is 27.1. The molecule has 0 aromatic carbocycles. The van der Waals surface area contributed by atoms with Crippen molar-refractivity contribution in [3.05, 3.63) is 52.1 Å². The predicted octanol–water partition coefficient (Wildman–Crippen LogP) is 2.62. The van der Waals surface area contributed by atoms with E-state index in [2.05, 4.69) is 21.3 Å². The van der Waals surface area contributed by atoms with Crippen LogP contribution in [0.1, 0.15) is 53.1 Å². The van der Waals surface area contributed by atoms with E-state index in [0.717, 1.165) is 17.0 Å². The number of pyridine rings is 1. The number of nitrogens with zero attached hydrogens (tertiary/aromatic N) is 4. The molecule has 2 amide bonds. The Hall–Kier alpha value is -2.97. The van der Waals surface area contributed by atoms with Gasteiger partial charge in [-0.25, -0.2) is 8.78 Å². The van der Waals surface area contributed by atoms with Gasteiger partial charge < -0.3 is 20.0 Å². The van der Waals surface area contributed by atoms with Gasteiger partial charge in [0.15, 0.2) is 0 Å². The highest BCUT2D eigenvalue weighted by Crippen LogP contribution is 2.33. The van der Waals surface area contributed by atoms with Gasteiger partial charge in [0.05, 0.1) is 0 Å². The fourth-order valence-electron chi connectivity index (χ4n) is 4.83. The number of allylic oxidation sites excluding steroid dienone is 2. The second kappa shape index (κ2) is 8.52. The SMILES string of the molecule is CCNC(=O)c1nccc2c1CN(CC1=CC(C)=C(N3CCC(F)(F)CC3)N(C)C1)C2=O. The summed E-state index contributed by atoms with van der Waals surface area (Å²) >= 11 is 0. The van der Waals surface area contributed by atoms with Crippen molar-refractivity contribution in [3.63, 3.8) is 0 Å². The fraction of sp³-hybridized carbons (Fsp3) is 0.522. The van der Waals surface area contributed by atoms with Crippen LogP contribution in [0, 0.1) is 0 Å². The third kappa shape index (κ3) is 4.20. The van der Waals surface area contributed by atoms with E-state index >= 15 is 0 Å². The third-order valence-corrected chi connectivity index (χ3v) is 6.24. The van der Waals surface area contributed by atoms with Gasteiger partial charge >= 0.3 is 0 Å². The minimum Gasteiger partial charge on any atom is -0.358 e. The van der Waals surface area contributed by atoms with Gasteiger partial charge in [-0.15, -0.1) is 0 Å². The number of likely N-dealkylation sites (N-methyl/N-ethyl adjacent to an activating group) is 1. The zero-order valence-corrected chi connectivity index (χ0v) is 18.8. The highest BCUT2D eigenvalue weighted by Gasteiger charge is 2.37. The van der Waals surface area contributed by atoms with Crippen LogP contribution in [0.25, 0.3) is 0 Å². The van der Waals surface area contributed by atoms with E-state index < -0.39 is 5.92 Å². The summed E-state index contributed by atoms with van der Waals surface area (Å²) in [6.07, 6.45) is 3.30. The molecular weight excluding hydrogens is 416 g/mol. The molecule has 3 aliphatic rings. The molecule has 1 N–H and O–H groups in total. The van der Waals surface area contributed by atoms with Gasteiger partial charge in [-0.05, 0) is 31.1 Å². The molecule has 7 nitrogen and oxygen atoms in total. The number of likely N-dealkylation sites (tertiary alicyclic amines) is 1. The number of hydrogen-bond donors (Lipinski definition) is 1. The van der Waals surface area contributed by atoms with E-state index in [1.165, 1.54) is 6.20 Å². The molecule has 0 atom stereocenters. The van der Waals surface area contributed by atoms with Crippen LogP contribution in [0.15, 0.2) is 35.3 Å². The van der Waals surface area contributed by atoms with E-state index in [1.807, 2.05) is 25.8 Å². The van der Waals surface area contributed by atoms with E-state index in [4.69, 9.17) is 0 Å². The molecule has 0 saturated carbocycles. The van der Waals surface area contributed by atoms with Crippen LogP contribution in [0.5, 0.6) is 0 Å². The van der Waals surface area contributed by atoms with Crippen molar-refractivity contribution in [2.45, 2.75) is 39.2 Å². The molecule has 0 unspecified atom stereocenters. The molecule has 1 saturated heterocycles. The lowest BCUT2D eigenvalue weighted by Crippen LogP contribution is -2.45. The highest BCUT2D eigenvalue weighted by molar-refractivity contribution is 6.03. The molecule has 4 rings (SSSR count). The smallest absolute Gasteiger partial charge is 0.270 e. The van der Waals surface area contributed by atoms with Gasteiger partial charge in [-0.2, -0.15) is 0 Å². The number of carbonyl (C=O) groups is 2. The Morgan fingerprint density at radius 2 is 1.97 bits per heavy atom. The molecule has 0 spiro atoms. The molecule has 1 aromatic heterocycles. The lowest BCUT2D eigenvalue weighted by atomic mass is 10.0. The molecule has 1 fully saturated rings. The quantitative estimate of drug-likeness (QED) is 0.755. The zero-order valence-electron chi connectivity index (χ0n) is 18.8. The number of nitrogens with one attached hydrogen (secondary N) is 1.